The molecule has 0 bridgehead atoms. The minimum Gasteiger partial charge on any atom is -0.512 e. The zero-order chi connectivity index (χ0) is 39.8. The van der Waals surface area contributed by atoms with Crippen LogP contribution in [0.1, 0.15) is 173 Å². The van der Waals surface area contributed by atoms with E-state index in [0.717, 1.165) is 59.0 Å². The van der Waals surface area contributed by atoms with Crippen LogP contribution in [0.15, 0.2) is 71.0 Å². The Labute approximate surface area is 350 Å². The van der Waals surface area contributed by atoms with Crippen LogP contribution in [-0.4, -0.2) is 20.9 Å². The molecule has 1 aliphatic carbocycles. The van der Waals surface area contributed by atoms with Gasteiger partial charge in [0, 0.05) is 55.5 Å². The first kappa shape index (κ1) is 45.1. The van der Waals surface area contributed by atoms with Gasteiger partial charge in [-0.3, -0.25) is 9.78 Å². The van der Waals surface area contributed by atoms with E-state index in [1.54, 1.807) is 0 Å². The molecule has 1 N–H and O–H groups in total. The number of oxazole rings is 1. The van der Waals surface area contributed by atoms with Crippen molar-refractivity contribution in [1.29, 1.82) is 0 Å². The Hall–Kier alpha value is -3.60. The number of carbonyl (C=O) groups is 1. The van der Waals surface area contributed by atoms with E-state index in [-0.39, 0.29) is 43.5 Å². The summed E-state index contributed by atoms with van der Waals surface area (Å²) in [5.74, 6) is 2.99. The number of aromatic nitrogens is 2. The molecule has 303 valence electrons. The van der Waals surface area contributed by atoms with Crippen LogP contribution in [0.3, 0.4) is 0 Å². The van der Waals surface area contributed by atoms with Crippen LogP contribution in [0.25, 0.3) is 44.6 Å². The van der Waals surface area contributed by atoms with Gasteiger partial charge in [-0.15, -0.1) is 29.1 Å². The SMILES string of the molecule is CC(C)c1cc(C(C)C)c(-c2nc3ccnc(-c4[c-]c5ccccc5c(C5CCCCC5)c4)c3o2)c(C(C)C)c1.CCC(CC)C(=O)/C=C(\O)C(CC)CC.[Ir]. The number of rotatable bonds is 13. The molecule has 2 aromatic heterocycles. The number of hydrogen-bond donors (Lipinski definition) is 1. The Bertz CT molecular complexity index is 2050. The number of aliphatic hydroxyl groups is 1. The summed E-state index contributed by atoms with van der Waals surface area (Å²) in [6.07, 6.45) is 13.2. The van der Waals surface area contributed by atoms with E-state index in [1.807, 2.05) is 40.0 Å². The third-order valence-electron chi connectivity index (χ3n) is 11.8. The van der Waals surface area contributed by atoms with Gasteiger partial charge in [0.25, 0.3) is 0 Å². The maximum absolute atomic E-state index is 11.7. The van der Waals surface area contributed by atoms with Gasteiger partial charge in [0.15, 0.2) is 5.78 Å². The Morgan fingerprint density at radius 3 is 2.02 bits per heavy atom. The summed E-state index contributed by atoms with van der Waals surface area (Å²) in [5, 5.41) is 12.2. The van der Waals surface area contributed by atoms with Crippen LogP contribution < -0.4 is 0 Å². The quantitative estimate of drug-likeness (QED) is 0.0723. The third-order valence-corrected chi connectivity index (χ3v) is 11.8. The Balaban J connectivity index is 0.000000372. The van der Waals surface area contributed by atoms with Gasteiger partial charge in [-0.05, 0) is 85.0 Å². The van der Waals surface area contributed by atoms with Crippen LogP contribution >= 0.6 is 0 Å². The van der Waals surface area contributed by atoms with Crippen molar-refractivity contribution in [3.05, 3.63) is 94.9 Å². The minimum atomic E-state index is 0. The molecule has 1 aliphatic rings. The van der Waals surface area contributed by atoms with Crippen molar-refractivity contribution in [3.63, 3.8) is 0 Å². The number of allylic oxidation sites excluding steroid dienone is 2. The molecule has 0 amide bonds. The van der Waals surface area contributed by atoms with Crippen molar-refractivity contribution in [3.8, 4) is 22.7 Å². The number of hydrogen-bond acceptors (Lipinski definition) is 5. The van der Waals surface area contributed by atoms with Crippen molar-refractivity contribution in [1.82, 2.24) is 9.97 Å². The van der Waals surface area contributed by atoms with Gasteiger partial charge in [0.1, 0.15) is 11.1 Å². The van der Waals surface area contributed by atoms with E-state index in [2.05, 4.69) is 90.1 Å². The first-order valence-corrected chi connectivity index (χ1v) is 21.2. The van der Waals surface area contributed by atoms with E-state index in [1.165, 1.54) is 65.8 Å². The van der Waals surface area contributed by atoms with E-state index < -0.39 is 0 Å². The fraction of sp³-hybridized carbons (Fsp3) is 0.500. The first-order valence-electron chi connectivity index (χ1n) is 21.2. The molecule has 6 rings (SSSR count). The van der Waals surface area contributed by atoms with Gasteiger partial charge in [-0.25, -0.2) is 4.98 Å². The van der Waals surface area contributed by atoms with E-state index in [4.69, 9.17) is 14.4 Å². The standard InChI is InChI=1S/C37H41N2O.C13H24O2.Ir/c1-22(2)27-19-30(23(3)4)34(31(20-27)24(5)6)37-39-33-16-17-38-35(36(33)40-37)28-18-26-14-10-11-15-29(26)32(21-28)25-12-8-7-9-13-25;1-5-10(6-2)12(14)9-13(15)11(7-3)8-4;/h10-11,14-17,19-25H,7-9,12-13H2,1-6H3;9-11,14H,5-8H2,1-4H3;/q-1;;/b;12-9-;. The van der Waals surface area contributed by atoms with Crippen molar-refractivity contribution in [2.75, 3.05) is 0 Å². The Morgan fingerprint density at radius 2 is 1.45 bits per heavy atom. The van der Waals surface area contributed by atoms with Crippen LogP contribution in [0.2, 0.25) is 0 Å². The van der Waals surface area contributed by atoms with Gasteiger partial charge in [0.2, 0.25) is 5.89 Å². The molecule has 1 radical (unpaired) electrons. The van der Waals surface area contributed by atoms with Crippen LogP contribution in [0, 0.1) is 17.9 Å². The molecular weight excluding hydrogens is 869 g/mol. The summed E-state index contributed by atoms with van der Waals surface area (Å²) in [6.45, 7) is 21.7. The fourth-order valence-electron chi connectivity index (χ4n) is 8.27. The largest absolute Gasteiger partial charge is 0.512 e. The second-order valence-corrected chi connectivity index (χ2v) is 16.6. The van der Waals surface area contributed by atoms with Gasteiger partial charge >= 0.3 is 0 Å². The summed E-state index contributed by atoms with van der Waals surface area (Å²) in [6, 6.07) is 21.4. The maximum atomic E-state index is 11.7. The topological polar surface area (TPSA) is 76.2 Å². The summed E-state index contributed by atoms with van der Waals surface area (Å²) in [7, 11) is 0. The zero-order valence-electron chi connectivity index (χ0n) is 35.6. The summed E-state index contributed by atoms with van der Waals surface area (Å²) >= 11 is 0. The molecule has 5 nitrogen and oxygen atoms in total. The molecule has 0 aliphatic heterocycles. The first-order chi connectivity index (χ1) is 26.4. The Kier molecular flexibility index (Phi) is 16.7. The normalized spacial score (nSPS) is 13.9. The van der Waals surface area contributed by atoms with Crippen molar-refractivity contribution in [2.45, 2.75) is 151 Å². The molecule has 1 fully saturated rings. The fourth-order valence-corrected chi connectivity index (χ4v) is 8.27. The molecule has 0 spiro atoms. The van der Waals surface area contributed by atoms with Gasteiger partial charge in [0.05, 0.1) is 5.76 Å². The van der Waals surface area contributed by atoms with E-state index in [0.29, 0.717) is 29.6 Å². The second kappa shape index (κ2) is 20.7. The molecule has 56 heavy (non-hydrogen) atoms. The molecule has 3 aromatic carbocycles. The average Bonchev–Trinajstić information content (AvgIpc) is 3.63. The van der Waals surface area contributed by atoms with E-state index >= 15 is 0 Å². The molecule has 2 heterocycles. The summed E-state index contributed by atoms with van der Waals surface area (Å²) in [4.78, 5) is 21.7. The molecule has 6 heteroatoms. The number of ketones is 1. The number of pyridine rings is 1. The number of benzene rings is 3. The second-order valence-electron chi connectivity index (χ2n) is 16.6. The monoisotopic (exact) mass is 934 g/mol. The van der Waals surface area contributed by atoms with Crippen molar-refractivity contribution < 1.29 is 34.4 Å². The summed E-state index contributed by atoms with van der Waals surface area (Å²) in [5.41, 5.74) is 9.95. The number of aliphatic hydroxyl groups excluding tert-OH is 1. The van der Waals surface area contributed by atoms with Crippen LogP contribution in [0.4, 0.5) is 0 Å². The van der Waals surface area contributed by atoms with Crippen molar-refractivity contribution in [2.24, 2.45) is 11.8 Å². The Morgan fingerprint density at radius 1 is 0.839 bits per heavy atom. The predicted molar refractivity (Wildman–Crippen MR) is 231 cm³/mol. The molecular formula is C50H65IrN2O3-. The van der Waals surface area contributed by atoms with E-state index in [9.17, 15) is 9.90 Å². The molecule has 1 saturated carbocycles. The van der Waals surface area contributed by atoms with Gasteiger partial charge in [-0.2, -0.15) is 0 Å². The van der Waals surface area contributed by atoms with Crippen molar-refractivity contribution >= 4 is 27.7 Å². The number of carbonyl (C=O) groups excluding carboxylic acids is 1. The van der Waals surface area contributed by atoms with Crippen LogP contribution in [0.5, 0.6) is 0 Å². The molecule has 0 atom stereocenters. The maximum Gasteiger partial charge on any atom is 0.227 e. The van der Waals surface area contributed by atoms with Gasteiger partial charge < -0.3 is 9.52 Å². The summed E-state index contributed by atoms with van der Waals surface area (Å²) < 4.78 is 6.73. The zero-order valence-corrected chi connectivity index (χ0v) is 38.0. The number of fused-ring (bicyclic) bond motifs is 2. The number of nitrogens with zero attached hydrogens (tertiary/aromatic N) is 2. The molecule has 5 aromatic rings. The predicted octanol–water partition coefficient (Wildman–Crippen LogP) is 14.8. The van der Waals surface area contributed by atoms with Crippen LogP contribution in [-0.2, 0) is 24.9 Å². The molecule has 0 saturated heterocycles. The third kappa shape index (κ3) is 10.3. The minimum absolute atomic E-state index is 0. The van der Waals surface area contributed by atoms with Gasteiger partial charge in [-0.1, -0.05) is 130 Å². The smallest absolute Gasteiger partial charge is 0.227 e. The molecule has 0 unspecified atom stereocenters. The average molecular weight is 934 g/mol.